The number of methoxy groups -OCH3 is 1. The summed E-state index contributed by atoms with van der Waals surface area (Å²) in [5, 5.41) is 44.1. The quantitative estimate of drug-likeness (QED) is 0.234. The number of ether oxygens (including phenoxy) is 3. The van der Waals surface area contributed by atoms with Gasteiger partial charge in [-0.3, -0.25) is 14.4 Å². The average Bonchev–Trinajstić information content (AvgIpc) is 2.92. The van der Waals surface area contributed by atoms with Gasteiger partial charge in [-0.05, 0) is 19.9 Å². The Morgan fingerprint density at radius 1 is 1.12 bits per heavy atom. The summed E-state index contributed by atoms with van der Waals surface area (Å²) in [6, 6.07) is 3.75. The van der Waals surface area contributed by atoms with Crippen LogP contribution in [-0.2, 0) is 20.7 Å². The number of aliphatic hydroxyl groups excluding tert-OH is 1. The van der Waals surface area contributed by atoms with Crippen molar-refractivity contribution >= 4 is 17.3 Å². The third-order valence-corrected chi connectivity index (χ3v) is 7.80. The number of benzene rings is 2. The van der Waals surface area contributed by atoms with E-state index in [9.17, 15) is 34.8 Å². The van der Waals surface area contributed by atoms with Crippen LogP contribution >= 0.6 is 0 Å². The van der Waals surface area contributed by atoms with Crippen molar-refractivity contribution in [1.29, 1.82) is 0 Å². The van der Waals surface area contributed by atoms with Crippen LogP contribution in [0.15, 0.2) is 31.4 Å². The van der Waals surface area contributed by atoms with Crippen LogP contribution in [0.2, 0.25) is 0 Å². The van der Waals surface area contributed by atoms with Crippen molar-refractivity contribution in [2.24, 2.45) is 5.73 Å². The first-order valence-corrected chi connectivity index (χ1v) is 12.7. The molecular weight excluding hydrogens is 522 g/mol. The predicted molar refractivity (Wildman–Crippen MR) is 142 cm³/mol. The number of Topliss-reactive ketones (excluding diaryl/α,β-unsaturated/α-hetero) is 1. The van der Waals surface area contributed by atoms with Gasteiger partial charge in [-0.2, -0.15) is 0 Å². The predicted octanol–water partition coefficient (Wildman–Crippen LogP) is 1.83. The Labute approximate surface area is 230 Å². The first kappa shape index (κ1) is 29.4. The van der Waals surface area contributed by atoms with Crippen molar-refractivity contribution in [3.8, 4) is 17.2 Å². The molecule has 1 saturated heterocycles. The van der Waals surface area contributed by atoms with Gasteiger partial charge in [0.25, 0.3) is 0 Å². The summed E-state index contributed by atoms with van der Waals surface area (Å²) in [6.45, 7) is 8.79. The number of aliphatic hydroxyl groups is 2. The van der Waals surface area contributed by atoms with Gasteiger partial charge in [0, 0.05) is 42.0 Å². The lowest BCUT2D eigenvalue weighted by atomic mass is 9.72. The Morgan fingerprint density at radius 3 is 2.38 bits per heavy atom. The highest BCUT2D eigenvalue weighted by Crippen LogP contribution is 2.52. The van der Waals surface area contributed by atoms with Crippen molar-refractivity contribution < 1.29 is 49.0 Å². The molecule has 5 rings (SSSR count). The maximum Gasteiger partial charge on any atom is 0.202 e. The summed E-state index contributed by atoms with van der Waals surface area (Å²) in [5.41, 5.74) is 2.97. The number of hydrogen-bond acceptors (Lipinski definition) is 11. The van der Waals surface area contributed by atoms with Crippen molar-refractivity contribution in [2.45, 2.75) is 69.4 Å². The van der Waals surface area contributed by atoms with E-state index in [0.717, 1.165) is 0 Å². The number of rotatable bonds is 4. The number of nitrogens with two attached hydrogens (primary N) is 1. The molecule has 0 amide bonds. The van der Waals surface area contributed by atoms with Gasteiger partial charge >= 0.3 is 0 Å². The summed E-state index contributed by atoms with van der Waals surface area (Å²) < 4.78 is 17.1. The molecular formula is C29H33NO10. The van der Waals surface area contributed by atoms with Crippen molar-refractivity contribution in [3.63, 3.8) is 0 Å². The minimum absolute atomic E-state index is 0.0147. The molecule has 6 N–H and O–H groups in total. The zero-order chi connectivity index (χ0) is 29.7. The van der Waals surface area contributed by atoms with E-state index in [1.807, 2.05) is 0 Å². The van der Waals surface area contributed by atoms with E-state index >= 15 is 0 Å². The lowest BCUT2D eigenvalue weighted by Gasteiger charge is -2.42. The number of carbonyl (C=O) groups excluding carboxylic acids is 3. The summed E-state index contributed by atoms with van der Waals surface area (Å²) >= 11 is 0. The Kier molecular flexibility index (Phi) is 7.90. The lowest BCUT2D eigenvalue weighted by Crippen LogP contribution is -2.52. The lowest BCUT2D eigenvalue weighted by molar-refractivity contribution is -0.247. The second-order valence-electron chi connectivity index (χ2n) is 10.1. The molecule has 40 heavy (non-hydrogen) atoms. The number of hydrogen-bond donors (Lipinski definition) is 5. The highest BCUT2D eigenvalue weighted by Gasteiger charge is 2.49. The Morgan fingerprint density at radius 2 is 1.77 bits per heavy atom. The van der Waals surface area contributed by atoms with Crippen LogP contribution in [0.25, 0.3) is 0 Å². The van der Waals surface area contributed by atoms with Gasteiger partial charge in [0.2, 0.25) is 5.78 Å². The zero-order valence-corrected chi connectivity index (χ0v) is 22.5. The molecule has 0 aromatic heterocycles. The van der Waals surface area contributed by atoms with Crippen LogP contribution in [0.4, 0.5) is 0 Å². The molecule has 2 aromatic carbocycles. The molecule has 11 heteroatoms. The largest absolute Gasteiger partial charge is 0.507 e. The van der Waals surface area contributed by atoms with Crippen LogP contribution in [0.1, 0.15) is 75.8 Å². The number of phenols is 2. The summed E-state index contributed by atoms with van der Waals surface area (Å²) in [6.07, 6.45) is -4.53. The average molecular weight is 556 g/mol. The van der Waals surface area contributed by atoms with Gasteiger partial charge < -0.3 is 40.4 Å². The Bertz CT molecular complexity index is 1380. The minimum atomic E-state index is -2.00. The van der Waals surface area contributed by atoms with Gasteiger partial charge in [0.15, 0.2) is 17.9 Å². The molecule has 11 nitrogen and oxygen atoms in total. The van der Waals surface area contributed by atoms with E-state index < -0.39 is 82.6 Å². The fourth-order valence-corrected chi connectivity index (χ4v) is 5.66. The molecule has 2 aromatic rings. The van der Waals surface area contributed by atoms with Crippen LogP contribution in [0, 0.1) is 0 Å². The molecule has 0 saturated carbocycles. The van der Waals surface area contributed by atoms with Gasteiger partial charge in [0.05, 0.1) is 42.1 Å². The van der Waals surface area contributed by atoms with E-state index in [1.54, 1.807) is 6.92 Å². The smallest absolute Gasteiger partial charge is 0.202 e. The monoisotopic (exact) mass is 555 g/mol. The number of phenolic OH excluding ortho intramolecular Hbond substituents is 2. The fraction of sp³-hybridized carbons (Fsp3) is 0.414. The van der Waals surface area contributed by atoms with E-state index in [4.69, 9.17) is 19.9 Å². The molecule has 0 bridgehead atoms. The number of aromatic hydroxyl groups is 2. The van der Waals surface area contributed by atoms with Crippen LogP contribution < -0.4 is 10.5 Å². The van der Waals surface area contributed by atoms with E-state index in [0.29, 0.717) is 0 Å². The van der Waals surface area contributed by atoms with Crippen LogP contribution in [0.5, 0.6) is 17.2 Å². The normalized spacial score (nSPS) is 28.9. The maximum atomic E-state index is 13.6. The second-order valence-corrected chi connectivity index (χ2v) is 10.1. The SMILES string of the molecule is C=C.COc1cccc2c1C(=O)c1c(O)c3c(c(O)c1C2=O)C[C@@](O)(C(C)=O)C[C@@H]3O[C@H]1C[C@H](N)[C@H](O)[C@H](C)O1. The molecule has 214 valence electrons. The molecule has 6 atom stereocenters. The molecule has 0 unspecified atom stereocenters. The highest BCUT2D eigenvalue weighted by molar-refractivity contribution is 6.31. The Hall–Kier alpha value is -3.61. The van der Waals surface area contributed by atoms with Gasteiger partial charge in [-0.25, -0.2) is 0 Å². The molecule has 2 aliphatic carbocycles. The summed E-state index contributed by atoms with van der Waals surface area (Å²) in [5.74, 6) is -3.18. The van der Waals surface area contributed by atoms with Crippen molar-refractivity contribution in [3.05, 3.63) is 64.7 Å². The molecule has 0 radical (unpaired) electrons. The summed E-state index contributed by atoms with van der Waals surface area (Å²) in [7, 11) is 1.34. The van der Waals surface area contributed by atoms with Crippen molar-refractivity contribution in [2.75, 3.05) is 7.11 Å². The van der Waals surface area contributed by atoms with Crippen molar-refractivity contribution in [1.82, 2.24) is 0 Å². The third-order valence-electron chi connectivity index (χ3n) is 7.80. The number of ketones is 3. The topological polar surface area (TPSA) is 186 Å². The van der Waals surface area contributed by atoms with Crippen LogP contribution in [0.3, 0.4) is 0 Å². The number of carbonyl (C=O) groups is 3. The fourth-order valence-electron chi connectivity index (χ4n) is 5.66. The van der Waals surface area contributed by atoms with Crippen LogP contribution in [-0.4, -0.2) is 75.0 Å². The molecule has 0 spiro atoms. The second kappa shape index (κ2) is 10.8. The van der Waals surface area contributed by atoms with E-state index in [2.05, 4.69) is 13.2 Å². The minimum Gasteiger partial charge on any atom is -0.507 e. The first-order chi connectivity index (χ1) is 18.9. The third kappa shape index (κ3) is 4.49. The number of fused-ring (bicyclic) bond motifs is 3. The molecule has 3 aliphatic rings. The molecule has 1 heterocycles. The summed E-state index contributed by atoms with van der Waals surface area (Å²) in [4.78, 5) is 39.6. The molecule has 1 aliphatic heterocycles. The van der Waals surface area contributed by atoms with Gasteiger partial charge in [0.1, 0.15) is 22.8 Å². The first-order valence-electron chi connectivity index (χ1n) is 12.7. The Balaban J connectivity index is 0.00000181. The standard InChI is InChI=1S/C27H29NO10.C2H4/c1-10-22(30)14(28)7-17(37-10)38-16-9-27(35,11(2)29)8-13-19(16)26(34)21-20(24(13)32)23(31)12-5-4-6-15(36-3)18(12)25(21)33;1-2/h4-6,10,14,16-17,22,30,32,34-35H,7-9,28H2,1-3H3;1-2H2/t10-,14-,16-,17-,22+,27-;/m0./s1. The maximum absolute atomic E-state index is 13.6. The molecule has 1 fully saturated rings. The zero-order valence-electron chi connectivity index (χ0n) is 22.5. The van der Waals surface area contributed by atoms with Gasteiger partial charge in [-0.1, -0.05) is 12.1 Å². The highest BCUT2D eigenvalue weighted by atomic mass is 16.7. The van der Waals surface area contributed by atoms with E-state index in [1.165, 1.54) is 32.2 Å². The van der Waals surface area contributed by atoms with E-state index in [-0.39, 0.29) is 40.8 Å². The van der Waals surface area contributed by atoms with Gasteiger partial charge in [-0.15, -0.1) is 13.2 Å².